The molecular formula is C22H27N3O4. The molecule has 4 rings (SSSR count). The number of amides is 1. The van der Waals surface area contributed by atoms with Gasteiger partial charge in [0.1, 0.15) is 5.75 Å². The molecule has 0 radical (unpaired) electrons. The van der Waals surface area contributed by atoms with Crippen LogP contribution in [-0.4, -0.2) is 69.4 Å². The Hall–Kier alpha value is -2.77. The van der Waals surface area contributed by atoms with Gasteiger partial charge in [0.25, 0.3) is 5.91 Å². The van der Waals surface area contributed by atoms with Gasteiger partial charge in [0.05, 0.1) is 13.2 Å². The third kappa shape index (κ3) is 4.46. The summed E-state index contributed by atoms with van der Waals surface area (Å²) in [4.78, 5) is 17.5. The van der Waals surface area contributed by atoms with Crippen LogP contribution in [0.1, 0.15) is 22.0 Å². The molecule has 2 aromatic rings. The molecular weight excluding hydrogens is 370 g/mol. The lowest BCUT2D eigenvalue weighted by Crippen LogP contribution is -2.48. The third-order valence-electron chi connectivity index (χ3n) is 5.55. The summed E-state index contributed by atoms with van der Waals surface area (Å²) in [7, 11) is 3.73. The van der Waals surface area contributed by atoms with Crippen LogP contribution in [0.2, 0.25) is 0 Å². The van der Waals surface area contributed by atoms with Gasteiger partial charge in [-0.15, -0.1) is 0 Å². The number of likely N-dealkylation sites (N-methyl/N-ethyl adjacent to an activating group) is 1. The number of carbonyl (C=O) groups excluding carboxylic acids is 1. The molecule has 29 heavy (non-hydrogen) atoms. The minimum absolute atomic E-state index is 0.0627. The summed E-state index contributed by atoms with van der Waals surface area (Å²) in [5.41, 5.74) is 1.71. The van der Waals surface area contributed by atoms with Gasteiger partial charge in [0.2, 0.25) is 6.79 Å². The van der Waals surface area contributed by atoms with E-state index in [0.29, 0.717) is 17.9 Å². The maximum Gasteiger partial charge on any atom is 0.251 e. The van der Waals surface area contributed by atoms with Crippen molar-refractivity contribution >= 4 is 5.91 Å². The first kappa shape index (κ1) is 19.5. The summed E-state index contributed by atoms with van der Waals surface area (Å²) >= 11 is 0. The fourth-order valence-electron chi connectivity index (χ4n) is 3.77. The average molecular weight is 397 g/mol. The Morgan fingerprint density at radius 2 is 1.90 bits per heavy atom. The second-order valence-corrected chi connectivity index (χ2v) is 7.41. The summed E-state index contributed by atoms with van der Waals surface area (Å²) in [5.74, 6) is 2.10. The van der Waals surface area contributed by atoms with Gasteiger partial charge in [0.15, 0.2) is 11.5 Å². The number of piperazine rings is 1. The number of methoxy groups -OCH3 is 1. The molecule has 7 nitrogen and oxygen atoms in total. The van der Waals surface area contributed by atoms with Crippen molar-refractivity contribution in [3.8, 4) is 17.2 Å². The normalized spacial score (nSPS) is 17.7. The Bertz CT molecular complexity index is 865. The molecule has 154 valence electrons. The first-order chi connectivity index (χ1) is 14.1. The SMILES string of the molecule is COc1cccc(C(=O)NC[C@H](c2ccc3c(c2)OCO3)N2CCN(C)CC2)c1. The topological polar surface area (TPSA) is 63.3 Å². The average Bonchev–Trinajstić information content (AvgIpc) is 3.23. The van der Waals surface area contributed by atoms with Crippen molar-refractivity contribution in [3.63, 3.8) is 0 Å². The van der Waals surface area contributed by atoms with E-state index >= 15 is 0 Å². The predicted octanol–water partition coefficient (Wildman–Crippen LogP) is 2.14. The lowest BCUT2D eigenvalue weighted by Gasteiger charge is -2.38. The Labute approximate surface area is 171 Å². The van der Waals surface area contributed by atoms with E-state index in [4.69, 9.17) is 14.2 Å². The zero-order valence-electron chi connectivity index (χ0n) is 16.9. The molecule has 2 heterocycles. The Morgan fingerprint density at radius 3 is 2.69 bits per heavy atom. The van der Waals surface area contributed by atoms with Crippen molar-refractivity contribution in [3.05, 3.63) is 53.6 Å². The molecule has 0 unspecified atom stereocenters. The Kier molecular flexibility index (Phi) is 5.87. The highest BCUT2D eigenvalue weighted by atomic mass is 16.7. The fourth-order valence-corrected chi connectivity index (χ4v) is 3.77. The van der Waals surface area contributed by atoms with Crippen molar-refractivity contribution in [2.75, 3.05) is 53.7 Å². The van der Waals surface area contributed by atoms with E-state index in [-0.39, 0.29) is 18.7 Å². The van der Waals surface area contributed by atoms with Crippen LogP contribution in [0.25, 0.3) is 0 Å². The first-order valence-corrected chi connectivity index (χ1v) is 9.88. The number of benzene rings is 2. The second kappa shape index (κ2) is 8.71. The van der Waals surface area contributed by atoms with E-state index in [9.17, 15) is 4.79 Å². The summed E-state index contributed by atoms with van der Waals surface area (Å²) < 4.78 is 16.2. The molecule has 0 aromatic heterocycles. The zero-order valence-corrected chi connectivity index (χ0v) is 16.9. The van der Waals surface area contributed by atoms with Gasteiger partial charge in [-0.1, -0.05) is 12.1 Å². The van der Waals surface area contributed by atoms with Gasteiger partial charge in [-0.25, -0.2) is 0 Å². The molecule has 2 aliphatic rings. The minimum Gasteiger partial charge on any atom is -0.497 e. The molecule has 1 atom stereocenters. The van der Waals surface area contributed by atoms with Crippen LogP contribution in [0.4, 0.5) is 0 Å². The number of fused-ring (bicyclic) bond motifs is 1. The maximum atomic E-state index is 12.7. The van der Waals surface area contributed by atoms with Gasteiger partial charge < -0.3 is 24.4 Å². The van der Waals surface area contributed by atoms with Crippen molar-refractivity contribution in [1.29, 1.82) is 0 Å². The van der Waals surface area contributed by atoms with E-state index in [1.165, 1.54) is 0 Å². The molecule has 2 aliphatic heterocycles. The number of nitrogens with zero attached hydrogens (tertiary/aromatic N) is 2. The van der Waals surface area contributed by atoms with Gasteiger partial charge in [0, 0.05) is 38.3 Å². The second-order valence-electron chi connectivity index (χ2n) is 7.41. The monoisotopic (exact) mass is 397 g/mol. The van der Waals surface area contributed by atoms with Crippen LogP contribution < -0.4 is 19.5 Å². The third-order valence-corrected chi connectivity index (χ3v) is 5.55. The van der Waals surface area contributed by atoms with E-state index in [0.717, 1.165) is 43.2 Å². The van der Waals surface area contributed by atoms with Gasteiger partial charge >= 0.3 is 0 Å². The summed E-state index contributed by atoms with van der Waals surface area (Å²) in [6.07, 6.45) is 0. The molecule has 0 saturated carbocycles. The Balaban J connectivity index is 1.51. The van der Waals surface area contributed by atoms with E-state index < -0.39 is 0 Å². The number of nitrogens with one attached hydrogen (secondary N) is 1. The summed E-state index contributed by atoms with van der Waals surface area (Å²) in [6.45, 7) is 4.68. The Morgan fingerprint density at radius 1 is 1.10 bits per heavy atom. The van der Waals surface area contributed by atoms with Gasteiger partial charge in [-0.2, -0.15) is 0 Å². The summed E-state index contributed by atoms with van der Waals surface area (Å²) in [6, 6.07) is 13.3. The molecule has 0 spiro atoms. The van der Waals surface area contributed by atoms with Crippen LogP contribution in [0.5, 0.6) is 17.2 Å². The van der Waals surface area contributed by atoms with Crippen LogP contribution in [0.3, 0.4) is 0 Å². The molecule has 7 heteroatoms. The van der Waals surface area contributed by atoms with E-state index in [1.54, 1.807) is 19.2 Å². The number of hydrogen-bond acceptors (Lipinski definition) is 6. The summed E-state index contributed by atoms with van der Waals surface area (Å²) in [5, 5.41) is 3.10. The number of rotatable bonds is 6. The number of ether oxygens (including phenoxy) is 3. The predicted molar refractivity (Wildman–Crippen MR) is 110 cm³/mol. The van der Waals surface area contributed by atoms with Crippen LogP contribution in [0, 0.1) is 0 Å². The van der Waals surface area contributed by atoms with Crippen molar-refractivity contribution in [2.45, 2.75) is 6.04 Å². The molecule has 1 fully saturated rings. The highest BCUT2D eigenvalue weighted by molar-refractivity contribution is 5.94. The smallest absolute Gasteiger partial charge is 0.251 e. The molecule has 0 aliphatic carbocycles. The van der Waals surface area contributed by atoms with E-state index in [1.807, 2.05) is 24.3 Å². The minimum atomic E-state index is -0.108. The zero-order chi connectivity index (χ0) is 20.2. The molecule has 1 N–H and O–H groups in total. The lowest BCUT2D eigenvalue weighted by molar-refractivity contribution is 0.0886. The lowest BCUT2D eigenvalue weighted by atomic mass is 10.0. The largest absolute Gasteiger partial charge is 0.497 e. The highest BCUT2D eigenvalue weighted by Gasteiger charge is 2.26. The molecule has 0 bridgehead atoms. The maximum absolute atomic E-state index is 12.7. The molecule has 1 amide bonds. The van der Waals surface area contributed by atoms with Crippen molar-refractivity contribution < 1.29 is 19.0 Å². The number of carbonyl (C=O) groups is 1. The number of hydrogen-bond donors (Lipinski definition) is 1. The van der Waals surface area contributed by atoms with E-state index in [2.05, 4.69) is 28.2 Å². The van der Waals surface area contributed by atoms with Crippen LogP contribution in [-0.2, 0) is 0 Å². The van der Waals surface area contributed by atoms with Crippen LogP contribution in [0.15, 0.2) is 42.5 Å². The van der Waals surface area contributed by atoms with Crippen molar-refractivity contribution in [2.24, 2.45) is 0 Å². The quantitative estimate of drug-likeness (QED) is 0.806. The standard InChI is InChI=1S/C22H27N3O4/c1-24-8-10-25(11-9-24)19(16-6-7-20-21(13-16)29-15-28-20)14-23-22(26)17-4-3-5-18(12-17)27-2/h3-7,12-13,19H,8-11,14-15H2,1-2H3,(H,23,26)/t19-/m1/s1. The van der Waals surface area contributed by atoms with Crippen molar-refractivity contribution in [1.82, 2.24) is 15.1 Å². The fraction of sp³-hybridized carbons (Fsp3) is 0.409. The van der Waals surface area contributed by atoms with Crippen LogP contribution >= 0.6 is 0 Å². The van der Waals surface area contributed by atoms with Gasteiger partial charge in [-0.05, 0) is 42.9 Å². The first-order valence-electron chi connectivity index (χ1n) is 9.88. The molecule has 1 saturated heterocycles. The molecule has 2 aromatic carbocycles. The van der Waals surface area contributed by atoms with Gasteiger partial charge in [-0.3, -0.25) is 9.69 Å². The highest BCUT2D eigenvalue weighted by Crippen LogP contribution is 2.35.